The highest BCUT2D eigenvalue weighted by Gasteiger charge is 2.16. The lowest BCUT2D eigenvalue weighted by atomic mass is 9.94. The fourth-order valence-electron chi connectivity index (χ4n) is 3.30. The van der Waals surface area contributed by atoms with Gasteiger partial charge in [0.1, 0.15) is 45.1 Å². The van der Waals surface area contributed by atoms with Gasteiger partial charge in [-0.2, -0.15) is 0 Å². The zero-order chi connectivity index (χ0) is 17.4. The molecule has 0 spiro atoms. The topological polar surface area (TPSA) is 39.5 Å². The maximum Gasteiger partial charge on any atom is 0.127 e. The molecule has 1 saturated heterocycles. The second-order valence-electron chi connectivity index (χ2n) is 7.40. The van der Waals surface area contributed by atoms with E-state index in [9.17, 15) is 0 Å². The lowest BCUT2D eigenvalue weighted by Gasteiger charge is -2.22. The minimum absolute atomic E-state index is 0.471. The number of piperazine rings is 1. The predicted octanol–water partition coefficient (Wildman–Crippen LogP) is 0.791. The molecule has 4 nitrogen and oxygen atoms in total. The van der Waals surface area contributed by atoms with Gasteiger partial charge in [0.25, 0.3) is 0 Å². The minimum Gasteiger partial charge on any atom is -0.491 e. The summed E-state index contributed by atoms with van der Waals surface area (Å²) in [5.74, 6) is 2.02. The average molecular weight is 337 g/mol. The summed E-state index contributed by atoms with van der Waals surface area (Å²) >= 11 is 0. The van der Waals surface area contributed by atoms with Crippen LogP contribution in [0, 0.1) is 0 Å². The Hall–Kier alpha value is -1.10. The lowest BCUT2D eigenvalue weighted by Crippen LogP contribution is -3.20. The van der Waals surface area contributed by atoms with Crippen LogP contribution >= 0.6 is 0 Å². The monoisotopic (exact) mass is 336 g/mol. The van der Waals surface area contributed by atoms with Crippen LogP contribution in [0.4, 0.5) is 0 Å². The molecule has 24 heavy (non-hydrogen) atoms. The first-order chi connectivity index (χ1) is 11.6. The van der Waals surface area contributed by atoms with Crippen LogP contribution in [0.1, 0.15) is 50.7 Å². The molecule has 0 aliphatic carbocycles. The van der Waals surface area contributed by atoms with E-state index in [4.69, 9.17) is 9.47 Å². The molecular weight excluding hydrogens is 300 g/mol. The molecule has 0 radical (unpaired) electrons. The zero-order valence-corrected chi connectivity index (χ0v) is 15.9. The van der Waals surface area contributed by atoms with Gasteiger partial charge in [-0.1, -0.05) is 45.9 Å². The Kier molecular flexibility index (Phi) is 8.03. The van der Waals surface area contributed by atoms with Crippen LogP contribution in [-0.4, -0.2) is 52.5 Å². The van der Waals surface area contributed by atoms with E-state index < -0.39 is 0 Å². The first-order valence-electron chi connectivity index (χ1n) is 9.58. The summed E-state index contributed by atoms with van der Waals surface area (Å²) in [6.45, 7) is 17.2. The van der Waals surface area contributed by atoms with Crippen molar-refractivity contribution in [1.29, 1.82) is 0 Å². The quantitative estimate of drug-likeness (QED) is 0.655. The van der Waals surface area contributed by atoms with E-state index in [2.05, 4.69) is 51.2 Å². The number of nitrogens with one attached hydrogen (secondary N) is 1. The zero-order valence-electron chi connectivity index (χ0n) is 15.9. The fourth-order valence-corrected chi connectivity index (χ4v) is 3.30. The molecule has 0 bridgehead atoms. The Balaban J connectivity index is 1.76. The summed E-state index contributed by atoms with van der Waals surface area (Å²) in [6, 6.07) is 6.51. The lowest BCUT2D eigenvalue weighted by molar-refractivity contribution is -0.947. The molecule has 1 aliphatic heterocycles. The van der Waals surface area contributed by atoms with E-state index in [1.165, 1.54) is 37.3 Å². The Morgan fingerprint density at radius 2 is 1.58 bits per heavy atom. The van der Waals surface area contributed by atoms with Gasteiger partial charge in [-0.05, 0) is 23.0 Å². The van der Waals surface area contributed by atoms with Gasteiger partial charge < -0.3 is 19.7 Å². The van der Waals surface area contributed by atoms with Crippen molar-refractivity contribution < 1.29 is 19.7 Å². The van der Waals surface area contributed by atoms with Crippen LogP contribution in [0.5, 0.6) is 5.75 Å². The van der Waals surface area contributed by atoms with Gasteiger partial charge in [-0.3, -0.25) is 0 Å². The number of ether oxygens (including phenoxy) is 2. The number of nitrogens with two attached hydrogens (primary N) is 1. The summed E-state index contributed by atoms with van der Waals surface area (Å²) < 4.78 is 11.9. The van der Waals surface area contributed by atoms with Crippen LogP contribution in [-0.2, 0) is 4.74 Å². The average Bonchev–Trinajstić information content (AvgIpc) is 2.58. The molecule has 1 fully saturated rings. The Morgan fingerprint density at radius 3 is 2.17 bits per heavy atom. The Labute approximate surface area is 147 Å². The molecule has 0 atom stereocenters. The summed E-state index contributed by atoms with van der Waals surface area (Å²) in [5, 5.41) is 2.40. The number of rotatable bonds is 9. The molecule has 1 aromatic carbocycles. The van der Waals surface area contributed by atoms with E-state index in [0.29, 0.717) is 25.0 Å². The maximum atomic E-state index is 6.15. The van der Waals surface area contributed by atoms with Crippen LogP contribution in [0.2, 0.25) is 0 Å². The predicted molar refractivity (Wildman–Crippen MR) is 98.2 cm³/mol. The smallest absolute Gasteiger partial charge is 0.127 e. The molecule has 0 saturated carbocycles. The van der Waals surface area contributed by atoms with Crippen molar-refractivity contribution in [3.8, 4) is 5.75 Å². The van der Waals surface area contributed by atoms with Crippen molar-refractivity contribution in [1.82, 2.24) is 0 Å². The van der Waals surface area contributed by atoms with Gasteiger partial charge in [-0.25, -0.2) is 0 Å². The summed E-state index contributed by atoms with van der Waals surface area (Å²) in [6.07, 6.45) is 0. The molecular formula is C20H36N2O2+2. The van der Waals surface area contributed by atoms with Gasteiger partial charge in [0.05, 0.1) is 13.2 Å². The summed E-state index contributed by atoms with van der Waals surface area (Å²) in [4.78, 5) is 1.67. The van der Waals surface area contributed by atoms with Gasteiger partial charge in [0.15, 0.2) is 0 Å². The van der Waals surface area contributed by atoms with Gasteiger partial charge in [0.2, 0.25) is 0 Å². The van der Waals surface area contributed by atoms with Crippen molar-refractivity contribution >= 4 is 0 Å². The van der Waals surface area contributed by atoms with E-state index in [1.807, 2.05) is 0 Å². The third kappa shape index (κ3) is 5.76. The third-order valence-electron chi connectivity index (χ3n) is 4.80. The molecule has 1 aliphatic rings. The first kappa shape index (κ1) is 19.2. The molecule has 4 heteroatoms. The fraction of sp³-hybridized carbons (Fsp3) is 0.700. The van der Waals surface area contributed by atoms with Crippen LogP contribution in [0.25, 0.3) is 0 Å². The number of hydrogen-bond acceptors (Lipinski definition) is 2. The first-order valence-corrected chi connectivity index (χ1v) is 9.58. The Bertz CT molecular complexity index is 456. The van der Waals surface area contributed by atoms with Gasteiger partial charge in [0, 0.05) is 0 Å². The van der Waals surface area contributed by atoms with Crippen molar-refractivity contribution in [3.05, 3.63) is 29.3 Å². The van der Waals surface area contributed by atoms with Crippen molar-refractivity contribution in [2.45, 2.75) is 39.5 Å². The number of quaternary nitrogens is 2. The highest BCUT2D eigenvalue weighted by Crippen LogP contribution is 2.34. The minimum atomic E-state index is 0.471. The van der Waals surface area contributed by atoms with E-state index >= 15 is 0 Å². The van der Waals surface area contributed by atoms with Crippen molar-refractivity contribution in [2.24, 2.45) is 0 Å². The highest BCUT2D eigenvalue weighted by atomic mass is 16.5. The molecule has 1 heterocycles. The van der Waals surface area contributed by atoms with Crippen LogP contribution in [0.15, 0.2) is 18.2 Å². The highest BCUT2D eigenvalue weighted by molar-refractivity contribution is 5.44. The van der Waals surface area contributed by atoms with Crippen molar-refractivity contribution in [2.75, 3.05) is 52.5 Å². The molecule has 2 rings (SSSR count). The molecule has 3 N–H and O–H groups in total. The number of para-hydroxylation sites is 1. The molecule has 0 aromatic heterocycles. The number of hydrogen-bond donors (Lipinski definition) is 2. The van der Waals surface area contributed by atoms with Gasteiger partial charge >= 0.3 is 0 Å². The van der Waals surface area contributed by atoms with Crippen LogP contribution in [0.3, 0.4) is 0 Å². The largest absolute Gasteiger partial charge is 0.491 e. The Morgan fingerprint density at radius 1 is 0.958 bits per heavy atom. The third-order valence-corrected chi connectivity index (χ3v) is 4.80. The molecule has 1 aromatic rings. The van der Waals surface area contributed by atoms with Crippen LogP contribution < -0.4 is 15.0 Å². The molecule has 0 amide bonds. The van der Waals surface area contributed by atoms with E-state index in [-0.39, 0.29) is 0 Å². The normalized spacial score (nSPS) is 16.1. The van der Waals surface area contributed by atoms with E-state index in [1.54, 1.807) is 4.90 Å². The second kappa shape index (κ2) is 10.0. The number of benzene rings is 1. The standard InChI is InChI=1S/C20H34N2O2/c1-16(2)18-6-5-7-19(17(3)4)20(18)24-15-14-23-13-12-22-10-8-21-9-11-22/h5-7,16-17,21H,8-15H2,1-4H3/p+2. The molecule has 136 valence electrons. The molecule has 0 unspecified atom stereocenters. The second-order valence-corrected chi connectivity index (χ2v) is 7.40. The maximum absolute atomic E-state index is 6.15. The van der Waals surface area contributed by atoms with E-state index in [0.717, 1.165) is 18.9 Å². The summed E-state index contributed by atoms with van der Waals surface area (Å²) in [7, 11) is 0. The van der Waals surface area contributed by atoms with Gasteiger partial charge in [-0.15, -0.1) is 0 Å². The SMILES string of the molecule is CC(C)c1cccc(C(C)C)c1OCCOCC[NH+]1CC[NH2+]CC1. The summed E-state index contributed by atoms with van der Waals surface area (Å²) in [5.41, 5.74) is 2.60. The van der Waals surface area contributed by atoms with Crippen molar-refractivity contribution in [3.63, 3.8) is 0 Å².